The van der Waals surface area contributed by atoms with Gasteiger partial charge in [-0.25, -0.2) is 0 Å². The molecular weight excluding hydrogens is 278 g/mol. The molecule has 1 rings (SSSR count). The zero-order chi connectivity index (χ0) is 15.1. The third-order valence-corrected chi connectivity index (χ3v) is 3.81. The summed E-state index contributed by atoms with van der Waals surface area (Å²) in [5.74, 6) is -0.187. The maximum Gasteiger partial charge on any atom is 0.306 e. The van der Waals surface area contributed by atoms with Crippen molar-refractivity contribution in [2.24, 2.45) is 0 Å². The largest absolute Gasteiger partial charge is 0.469 e. The average molecular weight is 302 g/mol. The van der Waals surface area contributed by atoms with Crippen molar-refractivity contribution in [2.75, 3.05) is 20.2 Å². The van der Waals surface area contributed by atoms with E-state index in [-0.39, 0.29) is 5.97 Å². The van der Waals surface area contributed by atoms with Gasteiger partial charge >= 0.3 is 5.97 Å². The predicted molar refractivity (Wildman–Crippen MR) is 79.9 cm³/mol. The maximum absolute atomic E-state index is 11.2. The first-order valence-electron chi connectivity index (χ1n) is 7.10. The third kappa shape index (κ3) is 4.21. The number of esters is 1. The molecule has 0 aromatic carbocycles. The van der Waals surface area contributed by atoms with E-state index in [2.05, 4.69) is 28.6 Å². The average Bonchev–Trinajstić information content (AvgIpc) is 2.78. The van der Waals surface area contributed by atoms with Gasteiger partial charge in [-0.2, -0.15) is 5.10 Å². The Labute approximate surface area is 125 Å². The summed E-state index contributed by atoms with van der Waals surface area (Å²) in [5.41, 5.74) is 1.96. The summed E-state index contributed by atoms with van der Waals surface area (Å²) >= 11 is 6.40. The van der Waals surface area contributed by atoms with E-state index in [4.69, 9.17) is 11.6 Å². The van der Waals surface area contributed by atoms with E-state index in [1.807, 2.05) is 11.6 Å². The number of rotatable bonds is 8. The molecule has 1 aromatic heterocycles. The normalized spacial score (nSPS) is 11.1. The van der Waals surface area contributed by atoms with Gasteiger partial charge in [0.25, 0.3) is 0 Å². The van der Waals surface area contributed by atoms with Gasteiger partial charge < -0.3 is 4.74 Å². The fraction of sp³-hybridized carbons (Fsp3) is 0.714. The van der Waals surface area contributed by atoms with Crippen LogP contribution in [0, 0.1) is 0 Å². The van der Waals surface area contributed by atoms with Crippen molar-refractivity contribution in [3.05, 3.63) is 16.4 Å². The molecule has 0 atom stereocenters. The lowest BCUT2D eigenvalue weighted by Crippen LogP contribution is -2.27. The first kappa shape index (κ1) is 17.0. The molecule has 0 fully saturated rings. The van der Waals surface area contributed by atoms with Crippen molar-refractivity contribution in [1.82, 2.24) is 14.7 Å². The van der Waals surface area contributed by atoms with Crippen LogP contribution in [0.4, 0.5) is 0 Å². The van der Waals surface area contributed by atoms with Gasteiger partial charge in [0.2, 0.25) is 0 Å². The molecule has 0 saturated heterocycles. The van der Waals surface area contributed by atoms with Gasteiger partial charge in [-0.3, -0.25) is 14.4 Å². The summed E-state index contributed by atoms with van der Waals surface area (Å²) in [6.45, 7) is 9.18. The topological polar surface area (TPSA) is 47.4 Å². The molecule has 0 aliphatic rings. The van der Waals surface area contributed by atoms with Gasteiger partial charge in [-0.15, -0.1) is 0 Å². The molecule has 20 heavy (non-hydrogen) atoms. The summed E-state index contributed by atoms with van der Waals surface area (Å²) in [6.07, 6.45) is 1.22. The van der Waals surface area contributed by atoms with Crippen LogP contribution in [0.25, 0.3) is 0 Å². The Hall–Kier alpha value is -1.07. The van der Waals surface area contributed by atoms with Crippen molar-refractivity contribution in [3.63, 3.8) is 0 Å². The molecule has 114 valence electrons. The fourth-order valence-corrected chi connectivity index (χ4v) is 2.41. The Morgan fingerprint density at radius 2 is 2.10 bits per heavy atom. The fourth-order valence-electron chi connectivity index (χ4n) is 2.08. The lowest BCUT2D eigenvalue weighted by atomic mass is 10.2. The molecular formula is C14H24ClN3O2. The van der Waals surface area contributed by atoms with Crippen molar-refractivity contribution in [1.29, 1.82) is 0 Å². The number of nitrogens with zero attached hydrogens (tertiary/aromatic N) is 3. The molecule has 0 unspecified atom stereocenters. The summed E-state index contributed by atoms with van der Waals surface area (Å²) in [5, 5.41) is 5.27. The van der Waals surface area contributed by atoms with E-state index in [1.165, 1.54) is 7.11 Å². The molecule has 6 heteroatoms. The van der Waals surface area contributed by atoms with E-state index in [1.54, 1.807) is 0 Å². The Morgan fingerprint density at radius 1 is 1.40 bits per heavy atom. The second-order valence-electron chi connectivity index (χ2n) is 4.57. The van der Waals surface area contributed by atoms with Crippen LogP contribution in [0.1, 0.15) is 38.6 Å². The second kappa shape index (κ2) is 8.27. The summed E-state index contributed by atoms with van der Waals surface area (Å²) in [6, 6.07) is 0. The first-order chi connectivity index (χ1) is 9.57. The molecule has 5 nitrogen and oxygen atoms in total. The van der Waals surface area contributed by atoms with Crippen LogP contribution in [0.3, 0.4) is 0 Å². The number of aromatic nitrogens is 2. The lowest BCUT2D eigenvalue weighted by molar-refractivity contribution is -0.141. The Bertz CT molecular complexity index is 446. The number of aryl methyl sites for hydroxylation is 2. The highest BCUT2D eigenvalue weighted by atomic mass is 35.5. The molecule has 0 radical (unpaired) electrons. The Kier molecular flexibility index (Phi) is 7.02. The van der Waals surface area contributed by atoms with Crippen molar-refractivity contribution >= 4 is 17.6 Å². The SMILES string of the molecule is CCc1nn(CC)c(CN(CC)CCC(=O)OC)c1Cl. The van der Waals surface area contributed by atoms with Crippen molar-refractivity contribution in [2.45, 2.75) is 46.7 Å². The van der Waals surface area contributed by atoms with Gasteiger partial charge in [-0.05, 0) is 19.9 Å². The van der Waals surface area contributed by atoms with E-state index in [0.717, 1.165) is 35.9 Å². The highest BCUT2D eigenvalue weighted by Crippen LogP contribution is 2.23. The first-order valence-corrected chi connectivity index (χ1v) is 7.48. The molecule has 0 aliphatic heterocycles. The van der Waals surface area contributed by atoms with Crippen LogP contribution >= 0.6 is 11.6 Å². The van der Waals surface area contributed by atoms with Crippen LogP contribution < -0.4 is 0 Å². The number of carbonyl (C=O) groups excluding carboxylic acids is 1. The van der Waals surface area contributed by atoms with Crippen LogP contribution in [0.5, 0.6) is 0 Å². The minimum atomic E-state index is -0.187. The zero-order valence-electron chi connectivity index (χ0n) is 12.8. The minimum absolute atomic E-state index is 0.187. The lowest BCUT2D eigenvalue weighted by Gasteiger charge is -2.20. The standard InChI is InChI=1S/C14H24ClN3O2/c1-5-11-14(15)12(18(7-3)16-11)10-17(6-2)9-8-13(19)20-4/h5-10H2,1-4H3. The number of halogens is 1. The molecule has 0 saturated carbocycles. The predicted octanol–water partition coefficient (Wildman–Crippen LogP) is 2.50. The molecule has 0 aliphatic carbocycles. The number of carbonyl (C=O) groups is 1. The van der Waals surface area contributed by atoms with Crippen LogP contribution in [-0.2, 0) is 29.0 Å². The minimum Gasteiger partial charge on any atom is -0.469 e. The zero-order valence-corrected chi connectivity index (χ0v) is 13.5. The van der Waals surface area contributed by atoms with E-state index < -0.39 is 0 Å². The van der Waals surface area contributed by atoms with Gasteiger partial charge in [0, 0.05) is 19.6 Å². The highest BCUT2D eigenvalue weighted by molar-refractivity contribution is 6.31. The quantitative estimate of drug-likeness (QED) is 0.692. The molecule has 1 aromatic rings. The van der Waals surface area contributed by atoms with Crippen LogP contribution in [0.15, 0.2) is 0 Å². The van der Waals surface area contributed by atoms with Crippen molar-refractivity contribution < 1.29 is 9.53 Å². The van der Waals surface area contributed by atoms with E-state index in [9.17, 15) is 4.79 Å². The maximum atomic E-state index is 11.2. The summed E-state index contributed by atoms with van der Waals surface area (Å²) in [4.78, 5) is 13.4. The van der Waals surface area contributed by atoms with Gasteiger partial charge in [0.05, 0.1) is 29.9 Å². The third-order valence-electron chi connectivity index (χ3n) is 3.37. The van der Waals surface area contributed by atoms with Crippen LogP contribution in [-0.4, -0.2) is 40.8 Å². The summed E-state index contributed by atoms with van der Waals surface area (Å²) < 4.78 is 6.62. The molecule has 0 bridgehead atoms. The van der Waals surface area contributed by atoms with E-state index >= 15 is 0 Å². The number of hydrogen-bond donors (Lipinski definition) is 0. The smallest absolute Gasteiger partial charge is 0.306 e. The Balaban J connectivity index is 2.78. The Morgan fingerprint density at radius 3 is 2.60 bits per heavy atom. The van der Waals surface area contributed by atoms with E-state index in [0.29, 0.717) is 19.5 Å². The summed E-state index contributed by atoms with van der Waals surface area (Å²) in [7, 11) is 1.41. The number of methoxy groups -OCH3 is 1. The molecule has 0 spiro atoms. The molecule has 0 N–H and O–H groups in total. The van der Waals surface area contributed by atoms with Gasteiger partial charge in [0.1, 0.15) is 0 Å². The molecule has 0 amide bonds. The van der Waals surface area contributed by atoms with Gasteiger partial charge in [-0.1, -0.05) is 25.4 Å². The highest BCUT2D eigenvalue weighted by Gasteiger charge is 2.17. The monoisotopic (exact) mass is 301 g/mol. The molecule has 1 heterocycles. The van der Waals surface area contributed by atoms with Crippen LogP contribution in [0.2, 0.25) is 5.02 Å². The van der Waals surface area contributed by atoms with Gasteiger partial charge in [0.15, 0.2) is 0 Å². The van der Waals surface area contributed by atoms with Crippen molar-refractivity contribution in [3.8, 4) is 0 Å². The number of hydrogen-bond acceptors (Lipinski definition) is 4. The number of ether oxygens (including phenoxy) is 1. The second-order valence-corrected chi connectivity index (χ2v) is 4.95.